The van der Waals surface area contributed by atoms with Crippen molar-refractivity contribution in [1.82, 2.24) is 25.1 Å². The lowest BCUT2D eigenvalue weighted by molar-refractivity contribution is 0.244. The standard InChI is InChI=1S/C16H16N6O/c23-16(21-14-5-2-8-22-15(14)18-10-19-22)20-13-4-1-3-11-9-17-7-6-12(11)13/h1,3-4,6-7,9-10,14H,2,5,8H2,(H2,20,21,23). The molecule has 0 aliphatic carbocycles. The Labute approximate surface area is 132 Å². The number of carbonyl (C=O) groups excluding carboxylic acids is 1. The van der Waals surface area contributed by atoms with Gasteiger partial charge in [-0.25, -0.2) is 14.5 Å². The first kappa shape index (κ1) is 13.7. The van der Waals surface area contributed by atoms with E-state index in [0.717, 1.165) is 41.7 Å². The van der Waals surface area contributed by atoms with Gasteiger partial charge < -0.3 is 10.6 Å². The van der Waals surface area contributed by atoms with Crippen molar-refractivity contribution in [2.75, 3.05) is 5.32 Å². The van der Waals surface area contributed by atoms with Gasteiger partial charge in [-0.3, -0.25) is 4.98 Å². The van der Waals surface area contributed by atoms with Gasteiger partial charge in [0.2, 0.25) is 0 Å². The molecule has 2 N–H and O–H groups in total. The van der Waals surface area contributed by atoms with E-state index in [1.165, 1.54) is 6.33 Å². The minimum Gasteiger partial charge on any atom is -0.328 e. The summed E-state index contributed by atoms with van der Waals surface area (Å²) < 4.78 is 1.85. The molecule has 7 heteroatoms. The number of nitrogens with zero attached hydrogens (tertiary/aromatic N) is 4. The number of urea groups is 1. The van der Waals surface area contributed by atoms with E-state index in [1.807, 2.05) is 28.9 Å². The van der Waals surface area contributed by atoms with Crippen molar-refractivity contribution >= 4 is 22.5 Å². The number of benzene rings is 1. The summed E-state index contributed by atoms with van der Waals surface area (Å²) in [7, 11) is 0. The molecule has 1 aliphatic heterocycles. The van der Waals surface area contributed by atoms with Gasteiger partial charge in [0.05, 0.1) is 11.7 Å². The summed E-state index contributed by atoms with van der Waals surface area (Å²) in [5, 5.41) is 12.0. The molecule has 2 aromatic heterocycles. The monoisotopic (exact) mass is 308 g/mol. The van der Waals surface area contributed by atoms with Gasteiger partial charge in [0, 0.05) is 29.7 Å². The van der Waals surface area contributed by atoms with Crippen LogP contribution in [0.5, 0.6) is 0 Å². The maximum absolute atomic E-state index is 12.4. The molecule has 0 bridgehead atoms. The number of fused-ring (bicyclic) bond motifs is 2. The molecule has 0 saturated carbocycles. The number of amides is 2. The summed E-state index contributed by atoms with van der Waals surface area (Å²) >= 11 is 0. The molecule has 0 saturated heterocycles. The van der Waals surface area contributed by atoms with Gasteiger partial charge in [-0.15, -0.1) is 0 Å². The molecular formula is C16H16N6O. The zero-order chi connectivity index (χ0) is 15.6. The first-order valence-corrected chi connectivity index (χ1v) is 7.59. The normalized spacial score (nSPS) is 16.8. The Morgan fingerprint density at radius 1 is 1.30 bits per heavy atom. The summed E-state index contributed by atoms with van der Waals surface area (Å²) in [5.74, 6) is 0.813. The van der Waals surface area contributed by atoms with Crippen LogP contribution in [0.2, 0.25) is 0 Å². The smallest absolute Gasteiger partial charge is 0.319 e. The van der Waals surface area contributed by atoms with Crippen molar-refractivity contribution in [2.45, 2.75) is 25.4 Å². The first-order chi connectivity index (χ1) is 11.3. The molecule has 0 spiro atoms. The molecule has 23 heavy (non-hydrogen) atoms. The molecule has 1 aromatic carbocycles. The van der Waals surface area contributed by atoms with Crippen molar-refractivity contribution in [3.8, 4) is 0 Å². The van der Waals surface area contributed by atoms with Crippen molar-refractivity contribution in [1.29, 1.82) is 0 Å². The minimum atomic E-state index is -0.240. The Bertz CT molecular complexity index is 853. The third-order valence-electron chi connectivity index (χ3n) is 4.05. The molecule has 7 nitrogen and oxygen atoms in total. The Morgan fingerprint density at radius 2 is 2.26 bits per heavy atom. The highest BCUT2D eigenvalue weighted by Gasteiger charge is 2.24. The molecule has 2 amide bonds. The van der Waals surface area contributed by atoms with Crippen LogP contribution < -0.4 is 10.6 Å². The average Bonchev–Trinajstić information content (AvgIpc) is 3.05. The highest BCUT2D eigenvalue weighted by atomic mass is 16.2. The Hall–Kier alpha value is -2.96. The van der Waals surface area contributed by atoms with Gasteiger partial charge >= 0.3 is 6.03 Å². The molecule has 1 aliphatic rings. The van der Waals surface area contributed by atoms with Gasteiger partial charge in [0.15, 0.2) is 0 Å². The summed E-state index contributed by atoms with van der Waals surface area (Å²) in [6.07, 6.45) is 6.87. The van der Waals surface area contributed by atoms with Crippen LogP contribution in [-0.4, -0.2) is 25.8 Å². The van der Waals surface area contributed by atoms with Gasteiger partial charge in [-0.1, -0.05) is 12.1 Å². The lowest BCUT2D eigenvalue weighted by Crippen LogP contribution is -2.36. The summed E-state index contributed by atoms with van der Waals surface area (Å²) in [5.41, 5.74) is 0.764. The van der Waals surface area contributed by atoms with Crippen LogP contribution in [-0.2, 0) is 6.54 Å². The van der Waals surface area contributed by atoms with E-state index in [0.29, 0.717) is 0 Å². The third kappa shape index (κ3) is 2.61. The Morgan fingerprint density at radius 3 is 3.22 bits per heavy atom. The van der Waals surface area contributed by atoms with E-state index >= 15 is 0 Å². The first-order valence-electron chi connectivity index (χ1n) is 7.59. The van der Waals surface area contributed by atoms with Crippen LogP contribution in [0.15, 0.2) is 43.0 Å². The van der Waals surface area contributed by atoms with Crippen molar-refractivity contribution in [3.05, 3.63) is 48.8 Å². The van der Waals surface area contributed by atoms with Crippen LogP contribution in [0.3, 0.4) is 0 Å². The maximum atomic E-state index is 12.4. The molecular weight excluding hydrogens is 292 g/mol. The number of rotatable bonds is 2. The highest BCUT2D eigenvalue weighted by molar-refractivity contribution is 6.01. The van der Waals surface area contributed by atoms with Gasteiger partial charge in [0.1, 0.15) is 12.2 Å². The lowest BCUT2D eigenvalue weighted by Gasteiger charge is -2.23. The molecule has 116 valence electrons. The van der Waals surface area contributed by atoms with E-state index in [1.54, 1.807) is 12.4 Å². The molecule has 3 heterocycles. The fourth-order valence-electron chi connectivity index (χ4n) is 2.97. The van der Waals surface area contributed by atoms with Crippen LogP contribution in [0, 0.1) is 0 Å². The van der Waals surface area contributed by atoms with Crippen LogP contribution >= 0.6 is 0 Å². The van der Waals surface area contributed by atoms with E-state index in [9.17, 15) is 4.79 Å². The van der Waals surface area contributed by atoms with Crippen LogP contribution in [0.4, 0.5) is 10.5 Å². The number of pyridine rings is 1. The molecule has 1 atom stereocenters. The second-order valence-corrected chi connectivity index (χ2v) is 5.54. The van der Waals surface area contributed by atoms with Gasteiger partial charge in [-0.2, -0.15) is 5.10 Å². The number of carbonyl (C=O) groups is 1. The zero-order valence-corrected chi connectivity index (χ0v) is 12.4. The Kier molecular flexibility index (Phi) is 3.38. The lowest BCUT2D eigenvalue weighted by atomic mass is 10.1. The molecule has 3 aromatic rings. The second kappa shape index (κ2) is 5.68. The fraction of sp³-hybridized carbons (Fsp3) is 0.250. The summed E-state index contributed by atoms with van der Waals surface area (Å²) in [6.45, 7) is 0.853. The quantitative estimate of drug-likeness (QED) is 0.761. The largest absolute Gasteiger partial charge is 0.328 e. The van der Waals surface area contributed by atoms with Crippen molar-refractivity contribution in [3.63, 3.8) is 0 Å². The number of anilines is 1. The fourth-order valence-corrected chi connectivity index (χ4v) is 2.97. The van der Waals surface area contributed by atoms with E-state index in [2.05, 4.69) is 25.7 Å². The van der Waals surface area contributed by atoms with Gasteiger partial charge in [-0.05, 0) is 25.0 Å². The predicted octanol–water partition coefficient (Wildman–Crippen LogP) is 2.48. The summed E-state index contributed by atoms with van der Waals surface area (Å²) in [4.78, 5) is 20.7. The van der Waals surface area contributed by atoms with E-state index < -0.39 is 0 Å². The molecule has 0 fully saturated rings. The minimum absolute atomic E-state index is 0.108. The molecule has 4 rings (SSSR count). The Balaban J connectivity index is 1.53. The number of hydrogen-bond donors (Lipinski definition) is 2. The molecule has 1 unspecified atom stereocenters. The number of hydrogen-bond acceptors (Lipinski definition) is 4. The average molecular weight is 308 g/mol. The highest BCUT2D eigenvalue weighted by Crippen LogP contribution is 2.24. The van der Waals surface area contributed by atoms with Crippen molar-refractivity contribution in [2.24, 2.45) is 0 Å². The maximum Gasteiger partial charge on any atom is 0.319 e. The third-order valence-corrected chi connectivity index (χ3v) is 4.05. The SMILES string of the molecule is O=C(Nc1cccc2cnccc12)NC1CCCn2ncnc21. The number of aromatic nitrogens is 4. The zero-order valence-electron chi connectivity index (χ0n) is 12.4. The van der Waals surface area contributed by atoms with E-state index in [4.69, 9.17) is 0 Å². The second-order valence-electron chi connectivity index (χ2n) is 5.54. The number of nitrogens with one attached hydrogen (secondary N) is 2. The van der Waals surface area contributed by atoms with E-state index in [-0.39, 0.29) is 12.1 Å². The molecule has 0 radical (unpaired) electrons. The van der Waals surface area contributed by atoms with Gasteiger partial charge in [0.25, 0.3) is 0 Å². The van der Waals surface area contributed by atoms with Crippen LogP contribution in [0.25, 0.3) is 10.8 Å². The van der Waals surface area contributed by atoms with Crippen molar-refractivity contribution < 1.29 is 4.79 Å². The van der Waals surface area contributed by atoms with Crippen LogP contribution in [0.1, 0.15) is 24.7 Å². The number of aryl methyl sites for hydroxylation is 1. The predicted molar refractivity (Wildman–Crippen MR) is 85.9 cm³/mol. The topological polar surface area (TPSA) is 84.7 Å². The summed E-state index contributed by atoms with van der Waals surface area (Å²) in [6, 6.07) is 7.29.